The Labute approximate surface area is 133 Å². The van der Waals surface area contributed by atoms with Gasteiger partial charge in [-0.15, -0.1) is 0 Å². The molecule has 2 aliphatic rings. The van der Waals surface area contributed by atoms with E-state index in [2.05, 4.69) is 12.2 Å². The van der Waals surface area contributed by atoms with Gasteiger partial charge >= 0.3 is 18.2 Å². The molecule has 1 saturated heterocycles. The molecule has 2 rings (SSSR count). The van der Waals surface area contributed by atoms with Crippen molar-refractivity contribution in [3.63, 3.8) is 0 Å². The van der Waals surface area contributed by atoms with Crippen molar-refractivity contribution < 1.29 is 27.9 Å². The summed E-state index contributed by atoms with van der Waals surface area (Å²) >= 11 is 0. The minimum absolute atomic E-state index is 0.0630. The molecule has 0 aromatic rings. The summed E-state index contributed by atoms with van der Waals surface area (Å²) in [5.74, 6) is -4.27. The second kappa shape index (κ2) is 6.57. The summed E-state index contributed by atoms with van der Waals surface area (Å²) in [4.78, 5) is 24.3. The summed E-state index contributed by atoms with van der Waals surface area (Å²) in [6.07, 6.45) is -1.88. The number of alkyl halides is 3. The summed E-state index contributed by atoms with van der Waals surface area (Å²) < 4.78 is 38.8. The number of hydrogen-bond donors (Lipinski definition) is 2. The van der Waals surface area contributed by atoms with Gasteiger partial charge < -0.3 is 15.3 Å². The zero-order valence-corrected chi connectivity index (χ0v) is 13.3. The van der Waals surface area contributed by atoms with Crippen LogP contribution in [-0.2, 0) is 4.79 Å². The van der Waals surface area contributed by atoms with Crippen molar-refractivity contribution in [3.05, 3.63) is 0 Å². The second-order valence-electron chi connectivity index (χ2n) is 6.95. The number of rotatable bonds is 2. The van der Waals surface area contributed by atoms with Crippen LogP contribution in [0.15, 0.2) is 0 Å². The number of urea groups is 1. The summed E-state index contributed by atoms with van der Waals surface area (Å²) in [5, 5.41) is 11.8. The number of amides is 2. The van der Waals surface area contributed by atoms with Crippen LogP contribution >= 0.6 is 0 Å². The van der Waals surface area contributed by atoms with Crippen molar-refractivity contribution in [1.82, 2.24) is 10.2 Å². The maximum absolute atomic E-state index is 12.9. The Kier molecular flexibility index (Phi) is 5.10. The fourth-order valence-electron chi connectivity index (χ4n) is 3.68. The van der Waals surface area contributed by atoms with Crippen molar-refractivity contribution in [2.24, 2.45) is 23.7 Å². The molecule has 1 heterocycles. The largest absolute Gasteiger partial charge is 0.481 e. The molecule has 23 heavy (non-hydrogen) atoms. The molecule has 0 aromatic carbocycles. The lowest BCUT2D eigenvalue weighted by atomic mass is 9.80. The van der Waals surface area contributed by atoms with Crippen LogP contribution in [0.5, 0.6) is 0 Å². The number of carbonyl (C=O) groups excluding carboxylic acids is 1. The van der Waals surface area contributed by atoms with Crippen LogP contribution in [0.2, 0.25) is 0 Å². The first-order valence-electron chi connectivity index (χ1n) is 7.94. The number of nitrogens with zero attached hydrogens (tertiary/aromatic N) is 1. The van der Waals surface area contributed by atoms with Gasteiger partial charge in [0.15, 0.2) is 0 Å². The Bertz CT molecular complexity index is 469. The number of halogens is 3. The Morgan fingerprint density at radius 2 is 1.83 bits per heavy atom. The number of carbonyl (C=O) groups is 2. The fraction of sp³-hybridized carbons (Fsp3) is 0.867. The number of likely N-dealkylation sites (tertiary alicyclic amines) is 1. The zero-order chi connectivity index (χ0) is 17.4. The first-order chi connectivity index (χ1) is 10.6. The molecule has 1 aliphatic heterocycles. The van der Waals surface area contributed by atoms with Crippen LogP contribution in [0.4, 0.5) is 18.0 Å². The third-order valence-electron chi connectivity index (χ3n) is 5.09. The molecule has 2 N–H and O–H groups in total. The molecule has 0 spiro atoms. The van der Waals surface area contributed by atoms with Gasteiger partial charge in [0.25, 0.3) is 0 Å². The number of carboxylic acid groups (broad SMARTS) is 1. The van der Waals surface area contributed by atoms with E-state index in [1.165, 1.54) is 0 Å². The van der Waals surface area contributed by atoms with Gasteiger partial charge in [0, 0.05) is 19.1 Å². The zero-order valence-electron chi connectivity index (χ0n) is 13.3. The smallest absolute Gasteiger partial charge is 0.394 e. The van der Waals surface area contributed by atoms with Gasteiger partial charge in [0.2, 0.25) is 0 Å². The van der Waals surface area contributed by atoms with E-state index >= 15 is 0 Å². The summed E-state index contributed by atoms with van der Waals surface area (Å²) in [5.41, 5.74) is 0. The average Bonchev–Trinajstić information content (AvgIpc) is 2.87. The first-order valence-corrected chi connectivity index (χ1v) is 7.94. The number of nitrogens with one attached hydrogen (secondary N) is 1. The lowest BCUT2D eigenvalue weighted by Crippen LogP contribution is -2.48. The second-order valence-corrected chi connectivity index (χ2v) is 6.95. The van der Waals surface area contributed by atoms with Crippen molar-refractivity contribution in [2.45, 2.75) is 45.3 Å². The molecular weight excluding hydrogens is 313 g/mol. The third kappa shape index (κ3) is 4.09. The lowest BCUT2D eigenvalue weighted by molar-refractivity contribution is -0.187. The van der Waals surface area contributed by atoms with Crippen molar-refractivity contribution >= 4 is 12.0 Å². The standard InChI is InChI=1S/C15H23F3N2O3/c1-8-3-4-12(9(2)5-8)19-14(23)20-6-10(13(21)22)11(7-20)15(16,17)18/h8-12H,3-7H2,1-2H3,(H,19,23)(H,21,22)/t8?,9?,10-,11-,12?/m1/s1. The highest BCUT2D eigenvalue weighted by molar-refractivity contribution is 5.78. The maximum Gasteiger partial charge on any atom is 0.394 e. The molecule has 132 valence electrons. The molecule has 3 unspecified atom stereocenters. The van der Waals surface area contributed by atoms with Gasteiger partial charge in [-0.2, -0.15) is 13.2 Å². The monoisotopic (exact) mass is 336 g/mol. The molecule has 8 heteroatoms. The minimum atomic E-state index is -4.62. The van der Waals surface area contributed by atoms with Crippen LogP contribution in [-0.4, -0.2) is 47.3 Å². The summed E-state index contributed by atoms with van der Waals surface area (Å²) in [6, 6.07) is -0.652. The highest BCUT2D eigenvalue weighted by Crippen LogP contribution is 2.38. The Morgan fingerprint density at radius 1 is 1.17 bits per heavy atom. The molecular formula is C15H23F3N2O3. The Morgan fingerprint density at radius 3 is 2.30 bits per heavy atom. The van der Waals surface area contributed by atoms with Crippen molar-refractivity contribution in [2.75, 3.05) is 13.1 Å². The van der Waals surface area contributed by atoms with Gasteiger partial charge in [-0.05, 0) is 31.1 Å². The van der Waals surface area contributed by atoms with Crippen molar-refractivity contribution in [1.29, 1.82) is 0 Å². The van der Waals surface area contributed by atoms with E-state index in [1.807, 2.05) is 6.92 Å². The topological polar surface area (TPSA) is 69.6 Å². The summed E-state index contributed by atoms with van der Waals surface area (Å²) in [7, 11) is 0. The van der Waals surface area contributed by atoms with Crippen LogP contribution in [0.1, 0.15) is 33.1 Å². The molecule has 2 fully saturated rings. The molecule has 1 aliphatic carbocycles. The molecule has 5 atom stereocenters. The number of carboxylic acids is 1. The fourth-order valence-corrected chi connectivity index (χ4v) is 3.68. The highest BCUT2D eigenvalue weighted by Gasteiger charge is 2.53. The van der Waals surface area contributed by atoms with E-state index in [4.69, 9.17) is 5.11 Å². The van der Waals surface area contributed by atoms with E-state index < -0.39 is 43.1 Å². The van der Waals surface area contributed by atoms with Gasteiger partial charge in [-0.3, -0.25) is 4.79 Å². The number of aliphatic carboxylic acids is 1. The summed E-state index contributed by atoms with van der Waals surface area (Å²) in [6.45, 7) is 3.16. The first kappa shape index (κ1) is 17.9. The SMILES string of the molecule is CC1CCC(NC(=O)N2C[C@@H](C(F)(F)F)[C@H](C(=O)O)C2)C(C)C1. The van der Waals surface area contributed by atoms with E-state index in [9.17, 15) is 22.8 Å². The van der Waals surface area contributed by atoms with Crippen LogP contribution in [0, 0.1) is 23.7 Å². The minimum Gasteiger partial charge on any atom is -0.481 e. The Balaban J connectivity index is 1.99. The van der Waals surface area contributed by atoms with Crippen LogP contribution in [0.3, 0.4) is 0 Å². The van der Waals surface area contributed by atoms with E-state index in [0.717, 1.165) is 24.2 Å². The lowest BCUT2D eigenvalue weighted by Gasteiger charge is -2.34. The normalized spacial score (nSPS) is 35.2. The molecule has 0 radical (unpaired) electrons. The maximum atomic E-state index is 12.9. The van der Waals surface area contributed by atoms with Crippen LogP contribution in [0.25, 0.3) is 0 Å². The predicted molar refractivity (Wildman–Crippen MR) is 76.7 cm³/mol. The third-order valence-corrected chi connectivity index (χ3v) is 5.09. The van der Waals surface area contributed by atoms with Crippen molar-refractivity contribution in [3.8, 4) is 0 Å². The quantitative estimate of drug-likeness (QED) is 0.815. The molecule has 2 amide bonds. The highest BCUT2D eigenvalue weighted by atomic mass is 19.4. The van der Waals surface area contributed by atoms with Gasteiger partial charge in [-0.1, -0.05) is 13.8 Å². The van der Waals surface area contributed by atoms with E-state index in [0.29, 0.717) is 5.92 Å². The Hall–Kier alpha value is -1.47. The van der Waals surface area contributed by atoms with Gasteiger partial charge in [-0.25, -0.2) is 4.79 Å². The predicted octanol–water partition coefficient (Wildman–Crippen LogP) is 2.72. The van der Waals surface area contributed by atoms with Crippen LogP contribution < -0.4 is 5.32 Å². The number of hydrogen-bond acceptors (Lipinski definition) is 2. The van der Waals surface area contributed by atoms with Gasteiger partial charge in [0.1, 0.15) is 0 Å². The molecule has 1 saturated carbocycles. The average molecular weight is 336 g/mol. The molecule has 0 aromatic heterocycles. The van der Waals surface area contributed by atoms with E-state index in [-0.39, 0.29) is 12.0 Å². The van der Waals surface area contributed by atoms with E-state index in [1.54, 1.807) is 0 Å². The molecule has 0 bridgehead atoms. The van der Waals surface area contributed by atoms with Gasteiger partial charge in [0.05, 0.1) is 11.8 Å². The molecule has 5 nitrogen and oxygen atoms in total.